The van der Waals surface area contributed by atoms with Gasteiger partial charge in [0.15, 0.2) is 0 Å². The number of amides is 1. The van der Waals surface area contributed by atoms with Crippen LogP contribution >= 0.6 is 22.6 Å². The molecule has 37 heavy (non-hydrogen) atoms. The van der Waals surface area contributed by atoms with Crippen LogP contribution in [0.1, 0.15) is 37.8 Å². The zero-order valence-corrected chi connectivity index (χ0v) is 22.6. The lowest BCUT2D eigenvalue weighted by Gasteiger charge is -2.24. The van der Waals surface area contributed by atoms with Crippen LogP contribution in [0.5, 0.6) is 0 Å². The van der Waals surface area contributed by atoms with Crippen LogP contribution in [-0.4, -0.2) is 25.7 Å². The van der Waals surface area contributed by atoms with Gasteiger partial charge in [-0.3, -0.25) is 28.1 Å². The Bertz CT molecular complexity index is 1710. The Balaban J connectivity index is 1.85. The monoisotopic (exact) mass is 617 g/mol. The average molecular weight is 617 g/mol. The van der Waals surface area contributed by atoms with Crippen LogP contribution in [-0.2, 0) is 11.8 Å². The lowest BCUT2D eigenvalue weighted by molar-refractivity contribution is -0.114. The third-order valence-corrected chi connectivity index (χ3v) is 7.40. The molecule has 2 aliphatic carbocycles. The van der Waals surface area contributed by atoms with Gasteiger partial charge in [-0.25, -0.2) is 9.18 Å². The van der Waals surface area contributed by atoms with E-state index < -0.39 is 28.7 Å². The summed E-state index contributed by atoms with van der Waals surface area (Å²) in [5.74, 6) is -0.539. The van der Waals surface area contributed by atoms with Crippen molar-refractivity contribution in [1.82, 2.24) is 13.7 Å². The van der Waals surface area contributed by atoms with E-state index in [0.29, 0.717) is 30.6 Å². The molecular weight excluding hydrogens is 592 g/mol. The zero-order chi connectivity index (χ0) is 26.6. The molecule has 2 N–H and O–H groups in total. The molecule has 1 saturated carbocycles. The molecule has 1 atom stereocenters. The van der Waals surface area contributed by atoms with Gasteiger partial charge in [-0.2, -0.15) is 0 Å². The van der Waals surface area contributed by atoms with E-state index in [9.17, 15) is 23.6 Å². The number of carbonyl (C=O) groups is 1. The Morgan fingerprint density at radius 3 is 2.54 bits per heavy atom. The minimum absolute atomic E-state index is 0.132. The molecule has 192 valence electrons. The molecule has 0 bridgehead atoms. The second-order valence-corrected chi connectivity index (χ2v) is 10.6. The average Bonchev–Trinajstić information content (AvgIpc) is 3.67. The lowest BCUT2D eigenvalue weighted by Crippen LogP contribution is -2.41. The number of aromatic nitrogens is 3. The van der Waals surface area contributed by atoms with E-state index in [1.54, 1.807) is 31.2 Å². The summed E-state index contributed by atoms with van der Waals surface area (Å²) in [6.07, 6.45) is 4.97. The first-order chi connectivity index (χ1) is 17.6. The molecule has 2 heterocycles. The third-order valence-electron chi connectivity index (χ3n) is 6.65. The molecule has 0 radical (unpaired) electrons. The number of nitrogens with zero attached hydrogens (tertiary/aromatic N) is 3. The molecule has 1 unspecified atom stereocenters. The first-order valence-electron chi connectivity index (χ1n) is 11.9. The highest BCUT2D eigenvalue weighted by molar-refractivity contribution is 14.1. The number of nitrogens with one attached hydrogen (secondary N) is 2. The number of carbonyl (C=O) groups excluding carboxylic acids is 1. The molecule has 0 saturated heterocycles. The fourth-order valence-corrected chi connectivity index (χ4v) is 5.28. The van der Waals surface area contributed by atoms with Crippen LogP contribution in [0.2, 0.25) is 0 Å². The van der Waals surface area contributed by atoms with Crippen molar-refractivity contribution in [3.05, 3.63) is 82.6 Å². The molecule has 1 aromatic carbocycles. The van der Waals surface area contributed by atoms with Crippen molar-refractivity contribution in [3.8, 4) is 5.69 Å². The van der Waals surface area contributed by atoms with E-state index in [1.807, 2.05) is 28.7 Å². The highest BCUT2D eigenvalue weighted by atomic mass is 127. The smallest absolute Gasteiger partial charge is 0.336 e. The van der Waals surface area contributed by atoms with Crippen LogP contribution < -0.4 is 27.4 Å². The summed E-state index contributed by atoms with van der Waals surface area (Å²) in [7, 11) is 1.52. The number of pyridine rings is 1. The van der Waals surface area contributed by atoms with Gasteiger partial charge in [0, 0.05) is 34.8 Å². The number of rotatable bonds is 5. The minimum Gasteiger partial charge on any atom is -0.361 e. The van der Waals surface area contributed by atoms with Crippen molar-refractivity contribution in [1.29, 1.82) is 0 Å². The van der Waals surface area contributed by atoms with Crippen molar-refractivity contribution in [2.75, 3.05) is 10.6 Å². The summed E-state index contributed by atoms with van der Waals surface area (Å²) >= 11 is 2.04. The largest absolute Gasteiger partial charge is 0.361 e. The van der Waals surface area contributed by atoms with Crippen molar-refractivity contribution < 1.29 is 9.18 Å². The van der Waals surface area contributed by atoms with Crippen LogP contribution in [0.15, 0.2) is 60.2 Å². The van der Waals surface area contributed by atoms with Gasteiger partial charge >= 0.3 is 5.69 Å². The first-order valence-corrected chi connectivity index (χ1v) is 12.9. The van der Waals surface area contributed by atoms with Gasteiger partial charge in [0.25, 0.3) is 11.1 Å². The SMILES string of the molecule is CC(=O)Nc1cccc(-n2c(=O)n(C3CC3)c(=O)c3c(NC4CC=C(I)C=C4F)n(C)c(=O)c(C)c32)c1. The number of fused-ring (bicyclic) bond motifs is 1. The van der Waals surface area contributed by atoms with E-state index in [0.717, 1.165) is 3.58 Å². The highest BCUT2D eigenvalue weighted by Crippen LogP contribution is 2.34. The Morgan fingerprint density at radius 2 is 1.89 bits per heavy atom. The van der Waals surface area contributed by atoms with E-state index in [2.05, 4.69) is 10.6 Å². The predicted octanol–water partition coefficient (Wildman–Crippen LogP) is 3.81. The first kappa shape index (κ1) is 25.2. The highest BCUT2D eigenvalue weighted by Gasteiger charge is 2.32. The second-order valence-electron chi connectivity index (χ2n) is 9.37. The number of halogens is 2. The Morgan fingerprint density at radius 1 is 1.16 bits per heavy atom. The van der Waals surface area contributed by atoms with Gasteiger partial charge in [-0.1, -0.05) is 12.1 Å². The van der Waals surface area contributed by atoms with E-state index in [1.165, 1.54) is 33.7 Å². The molecule has 2 aromatic heterocycles. The Hall–Kier alpha value is -3.48. The van der Waals surface area contributed by atoms with Crippen LogP contribution in [0.3, 0.4) is 0 Å². The van der Waals surface area contributed by atoms with Crippen LogP contribution in [0.4, 0.5) is 15.9 Å². The lowest BCUT2D eigenvalue weighted by atomic mass is 10.1. The maximum atomic E-state index is 14.9. The summed E-state index contributed by atoms with van der Waals surface area (Å²) in [5, 5.41) is 5.91. The van der Waals surface area contributed by atoms with E-state index in [4.69, 9.17) is 0 Å². The maximum absolute atomic E-state index is 14.9. The van der Waals surface area contributed by atoms with Crippen LogP contribution in [0.25, 0.3) is 16.6 Å². The zero-order valence-electron chi connectivity index (χ0n) is 20.5. The van der Waals surface area contributed by atoms with Gasteiger partial charge in [-0.15, -0.1) is 0 Å². The third kappa shape index (κ3) is 4.45. The summed E-state index contributed by atoms with van der Waals surface area (Å²) < 4.78 is 19.5. The van der Waals surface area contributed by atoms with Crippen molar-refractivity contribution in [2.24, 2.45) is 7.05 Å². The Labute approximate surface area is 224 Å². The molecule has 0 spiro atoms. The van der Waals surface area contributed by atoms with Crippen molar-refractivity contribution in [3.63, 3.8) is 0 Å². The van der Waals surface area contributed by atoms with Gasteiger partial charge in [0.05, 0.1) is 17.2 Å². The summed E-state index contributed by atoms with van der Waals surface area (Å²) in [4.78, 5) is 52.6. The normalized spacial score (nSPS) is 17.4. The summed E-state index contributed by atoms with van der Waals surface area (Å²) in [5.41, 5.74) is -0.298. The molecule has 9 nitrogen and oxygen atoms in total. The van der Waals surface area contributed by atoms with Gasteiger partial charge in [0.1, 0.15) is 17.0 Å². The van der Waals surface area contributed by atoms with E-state index >= 15 is 0 Å². The number of hydrogen-bond donors (Lipinski definition) is 2. The molecule has 2 aliphatic rings. The molecule has 3 aromatic rings. The molecule has 11 heteroatoms. The molecular formula is C26H25FIN5O4. The predicted molar refractivity (Wildman–Crippen MR) is 150 cm³/mol. The maximum Gasteiger partial charge on any atom is 0.336 e. The molecule has 1 fully saturated rings. The standard InChI is InChI=1S/C26H25FIN5O4/c1-13-22-21(23(31(3)24(13)35)30-20-10-7-15(28)11-19(20)27)25(36)33(17-8-9-17)26(37)32(22)18-6-4-5-16(12-18)29-14(2)34/h4-7,11-12,17,20,30H,8-10H2,1-3H3,(H,29,34). The number of benzene rings is 1. The number of anilines is 2. The van der Waals surface area contributed by atoms with Crippen molar-refractivity contribution >= 4 is 50.9 Å². The quantitative estimate of drug-likeness (QED) is 0.424. The van der Waals surface area contributed by atoms with Gasteiger partial charge in [0.2, 0.25) is 5.91 Å². The topological polar surface area (TPSA) is 107 Å². The van der Waals surface area contributed by atoms with Crippen molar-refractivity contribution in [2.45, 2.75) is 45.2 Å². The number of aryl methyl sites for hydroxylation is 1. The molecule has 1 amide bonds. The molecule has 5 rings (SSSR count). The number of allylic oxidation sites excluding steroid dienone is 2. The fourth-order valence-electron chi connectivity index (χ4n) is 4.73. The summed E-state index contributed by atoms with van der Waals surface area (Å²) in [6.45, 7) is 2.94. The van der Waals surface area contributed by atoms with E-state index in [-0.39, 0.29) is 34.2 Å². The second kappa shape index (κ2) is 9.43. The number of hydrogen-bond acceptors (Lipinski definition) is 5. The Kier molecular flexibility index (Phi) is 6.42. The van der Waals surface area contributed by atoms with Gasteiger partial charge in [-0.05, 0) is 73.1 Å². The van der Waals surface area contributed by atoms with Gasteiger partial charge < -0.3 is 10.6 Å². The fraction of sp³-hybridized carbons (Fsp3) is 0.308. The van der Waals surface area contributed by atoms with Crippen LogP contribution in [0, 0.1) is 6.92 Å². The molecule has 0 aliphatic heterocycles. The minimum atomic E-state index is -0.771. The summed E-state index contributed by atoms with van der Waals surface area (Å²) in [6, 6.07) is 5.62.